The predicted octanol–water partition coefficient (Wildman–Crippen LogP) is 2.24. The Hall–Kier alpha value is -1.19. The van der Waals surface area contributed by atoms with Crippen LogP contribution in [0, 0.1) is 0 Å². The summed E-state index contributed by atoms with van der Waals surface area (Å²) in [5.41, 5.74) is -0.508. The summed E-state index contributed by atoms with van der Waals surface area (Å²) in [5, 5.41) is 0. The van der Waals surface area contributed by atoms with Gasteiger partial charge in [0, 0.05) is 6.42 Å². The standard InChI is InChI=1S/C10H16O4/c1-10(2,3)14-9(11)13-7-8-5-4-6-12-8/h4,6,8H,5,7H2,1-3H3/t8-/m0/s1. The Balaban J connectivity index is 2.15. The highest BCUT2D eigenvalue weighted by atomic mass is 16.7. The van der Waals surface area contributed by atoms with E-state index in [1.54, 1.807) is 27.0 Å². The van der Waals surface area contributed by atoms with Crippen molar-refractivity contribution in [2.45, 2.75) is 38.9 Å². The molecule has 14 heavy (non-hydrogen) atoms. The van der Waals surface area contributed by atoms with Crippen LogP contribution in [0.15, 0.2) is 12.3 Å². The van der Waals surface area contributed by atoms with Gasteiger partial charge in [0.1, 0.15) is 18.3 Å². The van der Waals surface area contributed by atoms with Gasteiger partial charge in [-0.05, 0) is 26.8 Å². The Morgan fingerprint density at radius 2 is 2.29 bits per heavy atom. The van der Waals surface area contributed by atoms with Gasteiger partial charge < -0.3 is 14.2 Å². The Labute approximate surface area is 83.8 Å². The lowest BCUT2D eigenvalue weighted by atomic mass is 10.2. The fourth-order valence-corrected chi connectivity index (χ4v) is 0.977. The molecule has 0 saturated heterocycles. The van der Waals surface area contributed by atoms with Crippen molar-refractivity contribution in [1.29, 1.82) is 0 Å². The molecule has 1 aliphatic heterocycles. The van der Waals surface area contributed by atoms with Gasteiger partial charge in [0.05, 0.1) is 6.26 Å². The van der Waals surface area contributed by atoms with Crippen molar-refractivity contribution in [2.24, 2.45) is 0 Å². The highest BCUT2D eigenvalue weighted by molar-refractivity contribution is 5.60. The first kappa shape index (κ1) is 10.9. The van der Waals surface area contributed by atoms with Crippen molar-refractivity contribution >= 4 is 6.16 Å². The summed E-state index contributed by atoms with van der Waals surface area (Å²) in [4.78, 5) is 11.1. The summed E-state index contributed by atoms with van der Waals surface area (Å²) in [6, 6.07) is 0. The Morgan fingerprint density at radius 1 is 1.57 bits per heavy atom. The molecule has 80 valence electrons. The van der Waals surface area contributed by atoms with Crippen LogP contribution in [0.3, 0.4) is 0 Å². The molecule has 0 saturated carbocycles. The molecular formula is C10H16O4. The first-order chi connectivity index (χ1) is 6.47. The first-order valence-electron chi connectivity index (χ1n) is 4.63. The van der Waals surface area contributed by atoms with Crippen LogP contribution in [-0.4, -0.2) is 24.5 Å². The average Bonchev–Trinajstić information content (AvgIpc) is 2.49. The minimum atomic E-state index is -0.645. The average molecular weight is 200 g/mol. The molecule has 0 amide bonds. The second-order valence-electron chi connectivity index (χ2n) is 4.14. The molecule has 1 atom stereocenters. The van der Waals surface area contributed by atoms with Crippen LogP contribution in [0.2, 0.25) is 0 Å². The van der Waals surface area contributed by atoms with Gasteiger partial charge >= 0.3 is 6.16 Å². The molecule has 4 heteroatoms. The first-order valence-corrected chi connectivity index (χ1v) is 4.63. The lowest BCUT2D eigenvalue weighted by molar-refractivity contribution is -0.0235. The smallest absolute Gasteiger partial charge is 0.494 e. The third-order valence-electron chi connectivity index (χ3n) is 1.54. The molecule has 0 aromatic rings. The van der Waals surface area contributed by atoms with Gasteiger partial charge in [-0.15, -0.1) is 0 Å². The van der Waals surface area contributed by atoms with Gasteiger partial charge in [-0.1, -0.05) is 0 Å². The Bertz CT molecular complexity index is 219. The maximum Gasteiger partial charge on any atom is 0.508 e. The maximum atomic E-state index is 11.1. The second kappa shape index (κ2) is 4.35. The minimum Gasteiger partial charge on any atom is -0.494 e. The molecule has 0 aromatic carbocycles. The highest BCUT2D eigenvalue weighted by Crippen LogP contribution is 2.11. The molecule has 1 aliphatic rings. The van der Waals surface area contributed by atoms with E-state index in [4.69, 9.17) is 14.2 Å². The minimum absolute atomic E-state index is 0.0532. The molecule has 0 radical (unpaired) electrons. The second-order valence-corrected chi connectivity index (χ2v) is 4.14. The van der Waals surface area contributed by atoms with Crippen LogP contribution in [0.25, 0.3) is 0 Å². The number of carbonyl (C=O) groups excluding carboxylic acids is 1. The number of ether oxygens (including phenoxy) is 3. The van der Waals surface area contributed by atoms with Gasteiger partial charge in [-0.2, -0.15) is 0 Å². The SMILES string of the molecule is CC(C)(C)OC(=O)OC[C@@H]1CC=CO1. The van der Waals surface area contributed by atoms with Crippen molar-refractivity contribution in [3.05, 3.63) is 12.3 Å². The molecule has 0 spiro atoms. The molecule has 0 N–H and O–H groups in total. The van der Waals surface area contributed by atoms with Crippen LogP contribution < -0.4 is 0 Å². The molecule has 0 unspecified atom stereocenters. The number of hydrogen-bond acceptors (Lipinski definition) is 4. The van der Waals surface area contributed by atoms with E-state index >= 15 is 0 Å². The van der Waals surface area contributed by atoms with E-state index in [1.807, 2.05) is 6.08 Å². The zero-order valence-corrected chi connectivity index (χ0v) is 8.78. The fourth-order valence-electron chi connectivity index (χ4n) is 0.977. The van der Waals surface area contributed by atoms with E-state index in [1.165, 1.54) is 0 Å². The van der Waals surface area contributed by atoms with Gasteiger partial charge in [-0.3, -0.25) is 0 Å². The van der Waals surface area contributed by atoms with Gasteiger partial charge in [0.15, 0.2) is 0 Å². The molecule has 0 aliphatic carbocycles. The van der Waals surface area contributed by atoms with Crippen LogP contribution in [0.1, 0.15) is 27.2 Å². The topological polar surface area (TPSA) is 44.8 Å². The predicted molar refractivity (Wildman–Crippen MR) is 50.8 cm³/mol. The van der Waals surface area contributed by atoms with E-state index in [0.717, 1.165) is 6.42 Å². The molecule has 4 nitrogen and oxygen atoms in total. The maximum absolute atomic E-state index is 11.1. The quantitative estimate of drug-likeness (QED) is 0.641. The number of rotatable bonds is 2. The molecular weight excluding hydrogens is 184 g/mol. The van der Waals surface area contributed by atoms with Crippen molar-refractivity contribution < 1.29 is 19.0 Å². The van der Waals surface area contributed by atoms with Gasteiger partial charge in [0.2, 0.25) is 0 Å². The summed E-state index contributed by atoms with van der Waals surface area (Å²) in [7, 11) is 0. The Morgan fingerprint density at radius 3 is 2.79 bits per heavy atom. The monoisotopic (exact) mass is 200 g/mol. The fraction of sp³-hybridized carbons (Fsp3) is 0.700. The summed E-state index contributed by atoms with van der Waals surface area (Å²) in [6.07, 6.45) is 3.59. The molecule has 0 fully saturated rings. The number of carbonyl (C=O) groups is 1. The summed E-state index contributed by atoms with van der Waals surface area (Å²) in [5.74, 6) is 0. The molecule has 1 rings (SSSR count). The largest absolute Gasteiger partial charge is 0.508 e. The van der Waals surface area contributed by atoms with Crippen LogP contribution in [0.4, 0.5) is 4.79 Å². The lowest BCUT2D eigenvalue weighted by Gasteiger charge is -2.19. The van der Waals surface area contributed by atoms with E-state index in [-0.39, 0.29) is 12.7 Å². The summed E-state index contributed by atoms with van der Waals surface area (Å²) in [6.45, 7) is 5.62. The van der Waals surface area contributed by atoms with E-state index in [0.29, 0.717) is 0 Å². The molecule has 1 heterocycles. The van der Waals surface area contributed by atoms with E-state index in [9.17, 15) is 4.79 Å². The third-order valence-corrected chi connectivity index (χ3v) is 1.54. The Kier molecular flexibility index (Phi) is 3.38. The van der Waals surface area contributed by atoms with Crippen molar-refractivity contribution in [1.82, 2.24) is 0 Å². The van der Waals surface area contributed by atoms with Crippen LogP contribution in [0.5, 0.6) is 0 Å². The highest BCUT2D eigenvalue weighted by Gasteiger charge is 2.19. The lowest BCUT2D eigenvalue weighted by Crippen LogP contribution is -2.26. The van der Waals surface area contributed by atoms with Gasteiger partial charge in [0.25, 0.3) is 0 Å². The van der Waals surface area contributed by atoms with E-state index < -0.39 is 11.8 Å². The zero-order chi connectivity index (χ0) is 10.6. The summed E-state index contributed by atoms with van der Waals surface area (Å²) >= 11 is 0. The number of hydrogen-bond donors (Lipinski definition) is 0. The van der Waals surface area contributed by atoms with Crippen molar-refractivity contribution in [3.63, 3.8) is 0 Å². The van der Waals surface area contributed by atoms with Crippen LogP contribution in [-0.2, 0) is 14.2 Å². The molecule has 0 bridgehead atoms. The summed E-state index contributed by atoms with van der Waals surface area (Å²) < 4.78 is 15.0. The van der Waals surface area contributed by atoms with Crippen molar-refractivity contribution in [2.75, 3.05) is 6.61 Å². The van der Waals surface area contributed by atoms with Crippen molar-refractivity contribution in [3.8, 4) is 0 Å². The third kappa shape index (κ3) is 4.16. The normalized spacial score (nSPS) is 20.4. The van der Waals surface area contributed by atoms with Crippen LogP contribution >= 0.6 is 0 Å². The molecule has 0 aromatic heterocycles. The zero-order valence-electron chi connectivity index (χ0n) is 8.78. The van der Waals surface area contributed by atoms with Gasteiger partial charge in [-0.25, -0.2) is 4.79 Å². The van der Waals surface area contributed by atoms with E-state index in [2.05, 4.69) is 0 Å².